The van der Waals surface area contributed by atoms with Crippen molar-refractivity contribution in [2.24, 2.45) is 0 Å². The summed E-state index contributed by atoms with van der Waals surface area (Å²) < 4.78 is 46.9. The summed E-state index contributed by atoms with van der Waals surface area (Å²) in [7, 11) is 3.50. The van der Waals surface area contributed by atoms with E-state index in [1.165, 1.54) is 12.4 Å². The minimum atomic E-state index is -4.61. The standard InChI is InChI=1S/C35H38ClF3N8O5/c1-6-22-29(45-12-13-46(24-11-10-23(24)45)34(51)27-30(49)18(3)15-41-33(27)52-7-2)31(50)28-32(40-16-25(43-28)44(4)5)47(22)17-26(48)42-21-9-8-19(14-20(21)36)35(37,38)39/h8-9,14-16,23-24H,6-7,10-13,17H2,1-5H3,(H,41,49)(H,42,48)/t23-,24-/m0/s1. The summed E-state index contributed by atoms with van der Waals surface area (Å²) in [5, 5.41) is 2.30. The van der Waals surface area contributed by atoms with Crippen LogP contribution in [0, 0.1) is 6.92 Å². The molecule has 276 valence electrons. The Balaban J connectivity index is 1.39. The van der Waals surface area contributed by atoms with Crippen LogP contribution >= 0.6 is 11.6 Å². The highest BCUT2D eigenvalue weighted by Gasteiger charge is 2.47. The number of pyridine rings is 2. The fraction of sp³-hybridized carbons (Fsp3) is 0.429. The first-order valence-corrected chi connectivity index (χ1v) is 17.2. The number of rotatable bonds is 9. The maximum absolute atomic E-state index is 14.5. The molecule has 4 aromatic rings. The first-order chi connectivity index (χ1) is 24.7. The van der Waals surface area contributed by atoms with Crippen LogP contribution in [0.25, 0.3) is 11.2 Å². The third-order valence-electron chi connectivity index (χ3n) is 9.56. The van der Waals surface area contributed by atoms with Gasteiger partial charge < -0.3 is 34.3 Å². The van der Waals surface area contributed by atoms with Crippen molar-refractivity contribution in [3.63, 3.8) is 0 Å². The third-order valence-corrected chi connectivity index (χ3v) is 9.87. The van der Waals surface area contributed by atoms with E-state index in [1.807, 2.05) is 11.8 Å². The molecule has 1 saturated carbocycles. The average Bonchev–Trinajstić information content (AvgIpc) is 3.08. The van der Waals surface area contributed by atoms with Gasteiger partial charge in [-0.25, -0.2) is 9.97 Å². The number of ether oxygens (including phenoxy) is 1. The number of piperazine rings is 1. The normalized spacial score (nSPS) is 17.1. The van der Waals surface area contributed by atoms with E-state index in [1.54, 1.807) is 42.3 Å². The second-order valence-corrected chi connectivity index (χ2v) is 13.3. The van der Waals surface area contributed by atoms with E-state index in [9.17, 15) is 32.3 Å². The van der Waals surface area contributed by atoms with E-state index in [0.29, 0.717) is 42.0 Å². The first-order valence-electron chi connectivity index (χ1n) is 16.8. The lowest BCUT2D eigenvalue weighted by Crippen LogP contribution is -2.67. The van der Waals surface area contributed by atoms with Gasteiger partial charge in [0, 0.05) is 50.7 Å². The highest BCUT2D eigenvalue weighted by molar-refractivity contribution is 6.33. The molecule has 17 heteroatoms. The van der Waals surface area contributed by atoms with Gasteiger partial charge in [0.25, 0.3) is 5.91 Å². The molecular weight excluding hydrogens is 705 g/mol. The SMILES string of the molecule is CCOc1[nH]cc(C)c(=O)c1C(=O)N1CCN(c2c(CC)n(CC(=O)Nc3ccc(C(F)(F)F)cc3Cl)c3ncc(N(C)C)nc3c2=O)[C@H]2CC[C@@H]21. The summed E-state index contributed by atoms with van der Waals surface area (Å²) in [5.41, 5.74) is -0.441. The summed E-state index contributed by atoms with van der Waals surface area (Å²) in [6.45, 7) is 5.57. The maximum atomic E-state index is 14.5. The fourth-order valence-electron chi connectivity index (χ4n) is 6.87. The fourth-order valence-corrected chi connectivity index (χ4v) is 7.09. The van der Waals surface area contributed by atoms with Crippen LogP contribution in [0.1, 0.15) is 53.9 Å². The zero-order valence-corrected chi connectivity index (χ0v) is 30.0. The minimum Gasteiger partial charge on any atom is -0.479 e. The van der Waals surface area contributed by atoms with E-state index in [2.05, 4.69) is 20.3 Å². The number of anilines is 3. The molecule has 0 radical (unpaired) electrons. The van der Waals surface area contributed by atoms with Crippen molar-refractivity contribution < 1.29 is 27.5 Å². The molecule has 0 unspecified atom stereocenters. The number of aryl methyl sites for hydroxylation is 1. The van der Waals surface area contributed by atoms with E-state index < -0.39 is 29.0 Å². The van der Waals surface area contributed by atoms with Gasteiger partial charge in [-0.2, -0.15) is 13.2 Å². The highest BCUT2D eigenvalue weighted by atomic mass is 35.5. The Morgan fingerprint density at radius 2 is 1.85 bits per heavy atom. The Kier molecular flexibility index (Phi) is 9.96. The number of carbonyl (C=O) groups excluding carboxylic acids is 2. The van der Waals surface area contributed by atoms with Crippen molar-refractivity contribution in [1.82, 2.24) is 24.4 Å². The Hall–Kier alpha value is -5.12. The Morgan fingerprint density at radius 1 is 1.12 bits per heavy atom. The summed E-state index contributed by atoms with van der Waals surface area (Å²) in [6.07, 6.45) is -0.0100. The number of benzene rings is 1. The van der Waals surface area contributed by atoms with Crippen LogP contribution in [-0.4, -0.2) is 82.1 Å². The molecule has 6 rings (SSSR count). The summed E-state index contributed by atoms with van der Waals surface area (Å²) in [6, 6.07) is 2.06. The molecule has 1 saturated heterocycles. The van der Waals surface area contributed by atoms with Gasteiger partial charge in [0.1, 0.15) is 23.6 Å². The van der Waals surface area contributed by atoms with Crippen LogP contribution in [0.4, 0.5) is 30.4 Å². The second-order valence-electron chi connectivity index (χ2n) is 12.9. The lowest BCUT2D eigenvalue weighted by molar-refractivity contribution is -0.137. The Morgan fingerprint density at radius 3 is 2.46 bits per heavy atom. The molecule has 2 aliphatic rings. The van der Waals surface area contributed by atoms with Gasteiger partial charge in [-0.3, -0.25) is 19.2 Å². The number of hydrogen-bond acceptors (Lipinski definition) is 9. The van der Waals surface area contributed by atoms with Gasteiger partial charge in [0.15, 0.2) is 11.2 Å². The molecule has 2 fully saturated rings. The number of amides is 2. The van der Waals surface area contributed by atoms with Crippen molar-refractivity contribution in [2.45, 2.75) is 64.8 Å². The molecule has 13 nitrogen and oxygen atoms in total. The maximum Gasteiger partial charge on any atom is 0.416 e. The Bertz CT molecular complexity index is 2190. The molecule has 4 heterocycles. The van der Waals surface area contributed by atoms with Gasteiger partial charge >= 0.3 is 6.18 Å². The number of hydrogen-bond donors (Lipinski definition) is 2. The predicted molar refractivity (Wildman–Crippen MR) is 191 cm³/mol. The molecule has 2 N–H and O–H groups in total. The quantitative estimate of drug-likeness (QED) is 0.251. The molecule has 52 heavy (non-hydrogen) atoms. The molecule has 2 atom stereocenters. The largest absolute Gasteiger partial charge is 0.479 e. The predicted octanol–water partition coefficient (Wildman–Crippen LogP) is 4.62. The zero-order chi connectivity index (χ0) is 37.6. The van der Waals surface area contributed by atoms with Crippen LogP contribution in [0.15, 0.2) is 40.2 Å². The van der Waals surface area contributed by atoms with E-state index in [4.69, 9.17) is 16.3 Å². The van der Waals surface area contributed by atoms with Crippen molar-refractivity contribution >= 4 is 51.8 Å². The molecule has 1 aromatic carbocycles. The number of fused-ring (bicyclic) bond motifs is 2. The lowest BCUT2D eigenvalue weighted by Gasteiger charge is -2.54. The van der Waals surface area contributed by atoms with Crippen molar-refractivity contribution in [3.8, 4) is 5.88 Å². The van der Waals surface area contributed by atoms with Gasteiger partial charge in [-0.15, -0.1) is 0 Å². The summed E-state index contributed by atoms with van der Waals surface area (Å²) >= 11 is 6.13. The zero-order valence-electron chi connectivity index (χ0n) is 29.2. The third kappa shape index (κ3) is 6.55. The van der Waals surface area contributed by atoms with Crippen molar-refractivity contribution in [1.29, 1.82) is 0 Å². The van der Waals surface area contributed by atoms with Crippen LogP contribution in [0.2, 0.25) is 5.02 Å². The number of alkyl halides is 3. The molecule has 0 spiro atoms. The Labute approximate surface area is 301 Å². The molecular formula is C35H38ClF3N8O5. The number of aromatic amines is 1. The number of aromatic nitrogens is 4. The van der Waals surface area contributed by atoms with Gasteiger partial charge in [-0.1, -0.05) is 18.5 Å². The molecule has 0 bridgehead atoms. The van der Waals surface area contributed by atoms with E-state index in [0.717, 1.165) is 18.2 Å². The number of carbonyl (C=O) groups is 2. The number of nitrogens with one attached hydrogen (secondary N) is 2. The first kappa shape index (κ1) is 36.7. The number of H-pyrrole nitrogens is 1. The second kappa shape index (κ2) is 14.1. The lowest BCUT2D eigenvalue weighted by atomic mass is 9.81. The summed E-state index contributed by atoms with van der Waals surface area (Å²) in [4.78, 5) is 72.6. The topological polar surface area (TPSA) is 146 Å². The average molecular weight is 743 g/mol. The highest BCUT2D eigenvalue weighted by Crippen LogP contribution is 2.39. The molecule has 1 aliphatic carbocycles. The van der Waals surface area contributed by atoms with Crippen molar-refractivity contribution in [3.05, 3.63) is 78.4 Å². The summed E-state index contributed by atoms with van der Waals surface area (Å²) in [5.74, 6) is -0.540. The van der Waals surface area contributed by atoms with E-state index in [-0.39, 0.29) is 77.1 Å². The van der Waals surface area contributed by atoms with Crippen LogP contribution in [0.3, 0.4) is 0 Å². The van der Waals surface area contributed by atoms with Crippen LogP contribution < -0.4 is 30.7 Å². The number of nitrogens with zero attached hydrogens (tertiary/aromatic N) is 6. The van der Waals surface area contributed by atoms with Crippen molar-refractivity contribution in [2.75, 3.05) is 48.9 Å². The van der Waals surface area contributed by atoms with Gasteiger partial charge in [-0.05, 0) is 51.3 Å². The van der Waals surface area contributed by atoms with Crippen LogP contribution in [0.5, 0.6) is 5.88 Å². The van der Waals surface area contributed by atoms with Crippen LogP contribution in [-0.2, 0) is 23.9 Å². The molecule has 3 aromatic heterocycles. The minimum absolute atomic E-state index is 0.0118. The number of halogens is 4. The molecule has 2 amide bonds. The smallest absolute Gasteiger partial charge is 0.416 e. The molecule has 1 aliphatic heterocycles. The van der Waals surface area contributed by atoms with Gasteiger partial charge in [0.05, 0.1) is 35.1 Å². The monoisotopic (exact) mass is 742 g/mol. The van der Waals surface area contributed by atoms with E-state index >= 15 is 0 Å². The van der Waals surface area contributed by atoms with Gasteiger partial charge in [0.2, 0.25) is 22.6 Å².